The van der Waals surface area contributed by atoms with Crippen LogP contribution in [-0.4, -0.2) is 56.1 Å². The third-order valence-electron chi connectivity index (χ3n) is 8.45. The molecule has 12 heteroatoms. The van der Waals surface area contributed by atoms with Gasteiger partial charge < -0.3 is 14.6 Å². The summed E-state index contributed by atoms with van der Waals surface area (Å²) in [6.07, 6.45) is -0.164. The van der Waals surface area contributed by atoms with E-state index >= 15 is 0 Å². The number of rotatable bonds is 6. The molecule has 2 saturated carbocycles. The summed E-state index contributed by atoms with van der Waals surface area (Å²) in [6.45, 7) is 1.01. The lowest BCUT2D eigenvalue weighted by molar-refractivity contribution is -0.134. The zero-order valence-electron chi connectivity index (χ0n) is 22.7. The van der Waals surface area contributed by atoms with Crippen LogP contribution in [0, 0.1) is 23.1 Å². The van der Waals surface area contributed by atoms with Crippen LogP contribution in [0.25, 0.3) is 22.7 Å². The van der Waals surface area contributed by atoms with Crippen LogP contribution in [0.2, 0.25) is 0 Å². The fraction of sp³-hybridized carbons (Fsp3) is 0.433. The van der Waals surface area contributed by atoms with E-state index in [-0.39, 0.29) is 12.3 Å². The third kappa shape index (κ3) is 5.86. The van der Waals surface area contributed by atoms with Crippen molar-refractivity contribution >= 4 is 22.2 Å². The molecular formula is C30H31F3N4O4S. The van der Waals surface area contributed by atoms with E-state index in [9.17, 15) is 32.3 Å². The number of carbonyl (C=O) groups excluding carboxylic acids is 1. The Balaban J connectivity index is 1.36. The molecular weight excluding hydrogens is 569 g/mol. The zero-order chi connectivity index (χ0) is 29.7. The maximum Gasteiger partial charge on any atom is 0.249 e. The predicted molar refractivity (Wildman–Crippen MR) is 153 cm³/mol. The summed E-state index contributed by atoms with van der Waals surface area (Å²) >= 11 is 0. The van der Waals surface area contributed by atoms with Gasteiger partial charge in [-0.25, -0.2) is 18.2 Å². The predicted octanol–water partition coefficient (Wildman–Crippen LogP) is 6.41. The first-order valence-corrected chi connectivity index (χ1v) is 15.8. The highest BCUT2D eigenvalue weighted by atomic mass is 32.3. The second-order valence-electron chi connectivity index (χ2n) is 11.5. The van der Waals surface area contributed by atoms with Crippen LogP contribution < -0.4 is 10.2 Å². The van der Waals surface area contributed by atoms with Crippen molar-refractivity contribution < 1.29 is 31.5 Å². The molecule has 1 saturated heterocycles. The van der Waals surface area contributed by atoms with Gasteiger partial charge in [-0.1, -0.05) is 12.1 Å². The van der Waals surface area contributed by atoms with Crippen molar-refractivity contribution in [2.45, 2.75) is 49.5 Å². The van der Waals surface area contributed by atoms with Crippen LogP contribution >= 0.6 is 10.6 Å². The number of alkyl halides is 2. The van der Waals surface area contributed by atoms with E-state index < -0.39 is 58.5 Å². The van der Waals surface area contributed by atoms with Gasteiger partial charge in [0.2, 0.25) is 17.7 Å². The summed E-state index contributed by atoms with van der Waals surface area (Å²) in [5, 5.41) is 12.2. The van der Waals surface area contributed by atoms with Gasteiger partial charge in [0.25, 0.3) is 0 Å². The van der Waals surface area contributed by atoms with Crippen LogP contribution in [0.5, 0.6) is 0 Å². The summed E-state index contributed by atoms with van der Waals surface area (Å²) in [5.41, 5.74) is 1.44. The number of hydrogen-bond acceptors (Lipinski definition) is 7. The van der Waals surface area contributed by atoms with Crippen molar-refractivity contribution in [3.05, 3.63) is 60.1 Å². The molecule has 0 spiro atoms. The van der Waals surface area contributed by atoms with Gasteiger partial charge in [-0.2, -0.15) is 15.9 Å². The number of nitrogens with zero attached hydrogens (tertiary/aromatic N) is 3. The normalized spacial score (nSPS) is 24.8. The van der Waals surface area contributed by atoms with Gasteiger partial charge in [0.1, 0.15) is 22.8 Å². The summed E-state index contributed by atoms with van der Waals surface area (Å²) in [4.78, 5) is 20.1. The average Bonchev–Trinajstić information content (AvgIpc) is 3.60. The molecule has 2 aliphatic carbocycles. The fourth-order valence-electron chi connectivity index (χ4n) is 5.76. The molecule has 0 unspecified atom stereocenters. The van der Waals surface area contributed by atoms with Crippen molar-refractivity contribution in [2.75, 3.05) is 29.5 Å². The van der Waals surface area contributed by atoms with E-state index in [2.05, 4.69) is 16.3 Å². The monoisotopic (exact) mass is 600 g/mol. The van der Waals surface area contributed by atoms with Gasteiger partial charge in [-0.3, -0.25) is 13.9 Å². The van der Waals surface area contributed by atoms with Crippen LogP contribution in [0.1, 0.15) is 43.8 Å². The quantitative estimate of drug-likeness (QED) is 0.299. The molecule has 3 N–H and O–H groups in total. The van der Waals surface area contributed by atoms with Crippen molar-refractivity contribution in [2.24, 2.45) is 5.92 Å². The van der Waals surface area contributed by atoms with Crippen LogP contribution in [0.3, 0.4) is 0 Å². The molecule has 0 bridgehead atoms. The van der Waals surface area contributed by atoms with Gasteiger partial charge in [-0.15, -0.1) is 0 Å². The van der Waals surface area contributed by atoms with Crippen molar-refractivity contribution in [1.29, 1.82) is 5.26 Å². The van der Waals surface area contributed by atoms with E-state index in [1.165, 1.54) is 24.3 Å². The first kappa shape index (κ1) is 28.6. The number of hydrogen-bond donors (Lipinski definition) is 3. The topological polar surface area (TPSA) is 123 Å². The summed E-state index contributed by atoms with van der Waals surface area (Å²) < 4.78 is 69.1. The summed E-state index contributed by atoms with van der Waals surface area (Å²) in [6, 6.07) is 15.1. The molecule has 1 aliphatic heterocycles. The molecule has 2 heterocycles. The molecule has 1 amide bonds. The Labute approximate surface area is 242 Å². The zero-order valence-corrected chi connectivity index (χ0v) is 23.5. The summed E-state index contributed by atoms with van der Waals surface area (Å²) in [5.74, 6) is -4.86. The van der Waals surface area contributed by atoms with E-state index in [1.807, 2.05) is 24.3 Å². The lowest BCUT2D eigenvalue weighted by Crippen LogP contribution is -2.45. The number of nitriles is 1. The minimum atomic E-state index is -3.04. The van der Waals surface area contributed by atoms with Crippen LogP contribution in [0.15, 0.2) is 52.9 Å². The number of carbonyl (C=O) groups is 1. The molecule has 8 nitrogen and oxygen atoms in total. The molecule has 42 heavy (non-hydrogen) atoms. The lowest BCUT2D eigenvalue weighted by atomic mass is 9.74. The Bertz CT molecular complexity index is 1510. The number of nitrogens with one attached hydrogen (secondary N) is 1. The van der Waals surface area contributed by atoms with Crippen molar-refractivity contribution in [1.82, 2.24) is 10.3 Å². The van der Waals surface area contributed by atoms with Crippen LogP contribution in [-0.2, 0) is 4.79 Å². The SMILES string of the molecule is N#CC1(NC(=O)[C@@H]2CC(F)(F)CC[C@H]2c2oc(-c3ccc(F)cc3)nc2-c2ccc(N3CCS(O)(O)CC3)cc2)CC1. The minimum absolute atomic E-state index is 0.0199. The van der Waals surface area contributed by atoms with E-state index in [0.717, 1.165) is 5.69 Å². The maximum atomic E-state index is 14.7. The molecule has 2 aromatic carbocycles. The molecule has 1 aromatic heterocycles. The Morgan fingerprint density at radius 3 is 2.31 bits per heavy atom. The number of halogens is 3. The molecule has 2 atom stereocenters. The molecule has 3 fully saturated rings. The van der Waals surface area contributed by atoms with Crippen molar-refractivity contribution in [3.63, 3.8) is 0 Å². The second-order valence-corrected chi connectivity index (χ2v) is 13.9. The molecule has 0 radical (unpaired) electrons. The second kappa shape index (κ2) is 10.6. The molecule has 3 aliphatic rings. The standard InChI is InChI=1S/C30H31F3N4O4S/c31-21-5-1-20(2-6-21)28-35-25(19-3-7-22(8-4-19)37-13-15-42(39,40)16-14-37)26(41-28)23-9-10-30(32,33)17-24(23)27(38)36-29(18-34)11-12-29/h1-8,23-24,39-40H,9-17H2,(H,36,38)/t23-,24-/m1/s1. The summed E-state index contributed by atoms with van der Waals surface area (Å²) in [7, 11) is -2.54. The number of amides is 1. The number of benzene rings is 2. The Morgan fingerprint density at radius 2 is 1.69 bits per heavy atom. The van der Waals surface area contributed by atoms with Gasteiger partial charge in [0.15, 0.2) is 0 Å². The van der Waals surface area contributed by atoms with Gasteiger partial charge in [-0.05, 0) is 55.7 Å². The van der Waals surface area contributed by atoms with E-state index in [1.54, 1.807) is 0 Å². The molecule has 6 rings (SSSR count). The highest BCUT2D eigenvalue weighted by Crippen LogP contribution is 2.49. The highest BCUT2D eigenvalue weighted by molar-refractivity contribution is 8.24. The smallest absolute Gasteiger partial charge is 0.249 e. The number of oxazole rings is 1. The highest BCUT2D eigenvalue weighted by Gasteiger charge is 2.51. The van der Waals surface area contributed by atoms with Gasteiger partial charge >= 0.3 is 0 Å². The first-order valence-electron chi connectivity index (χ1n) is 13.9. The lowest BCUT2D eigenvalue weighted by Gasteiger charge is -2.41. The molecule has 222 valence electrons. The number of aromatic nitrogens is 1. The largest absolute Gasteiger partial charge is 0.440 e. The fourth-order valence-corrected chi connectivity index (χ4v) is 6.99. The Morgan fingerprint density at radius 1 is 1.05 bits per heavy atom. The number of anilines is 1. The Kier molecular flexibility index (Phi) is 7.23. The van der Waals surface area contributed by atoms with Gasteiger partial charge in [0.05, 0.1) is 23.5 Å². The van der Waals surface area contributed by atoms with Gasteiger partial charge in [0, 0.05) is 48.7 Å². The van der Waals surface area contributed by atoms with Crippen molar-refractivity contribution in [3.8, 4) is 28.8 Å². The third-order valence-corrected chi connectivity index (χ3v) is 10.1. The maximum absolute atomic E-state index is 14.7. The molecule has 3 aromatic rings. The van der Waals surface area contributed by atoms with Crippen LogP contribution in [0.4, 0.5) is 18.9 Å². The van der Waals surface area contributed by atoms with E-state index in [4.69, 9.17) is 9.40 Å². The Hall–Kier alpha value is -3.53. The first-order chi connectivity index (χ1) is 20.0. The minimum Gasteiger partial charge on any atom is -0.440 e. The van der Waals surface area contributed by atoms with E-state index in [0.29, 0.717) is 60.0 Å². The average molecular weight is 601 g/mol.